The van der Waals surface area contributed by atoms with Gasteiger partial charge in [-0.2, -0.15) is 0 Å². The van der Waals surface area contributed by atoms with Crippen molar-refractivity contribution < 1.29 is 19.4 Å². The van der Waals surface area contributed by atoms with Gasteiger partial charge in [0.1, 0.15) is 18.2 Å². The van der Waals surface area contributed by atoms with Crippen LogP contribution in [-0.2, 0) is 16.1 Å². The predicted octanol–water partition coefficient (Wildman–Crippen LogP) is 5.74. The molecule has 1 fully saturated rings. The first kappa shape index (κ1) is 24.0. The van der Waals surface area contributed by atoms with Crippen LogP contribution in [0.4, 0.5) is 0 Å². The van der Waals surface area contributed by atoms with Crippen LogP contribution in [0.2, 0.25) is 0 Å². The van der Waals surface area contributed by atoms with Crippen molar-refractivity contribution in [2.75, 3.05) is 0 Å². The number of benzene rings is 2. The van der Waals surface area contributed by atoms with Gasteiger partial charge in [-0.3, -0.25) is 9.38 Å². The minimum Gasteiger partial charge on any atom is -0.489 e. The lowest BCUT2D eigenvalue weighted by Crippen LogP contribution is -2.43. The number of aliphatic carboxylic acids is 1. The molecule has 1 unspecified atom stereocenters. The minimum atomic E-state index is -0.917. The first-order chi connectivity index (χ1) is 17.3. The number of carboxylic acid groups (broad SMARTS) is 1. The Morgan fingerprint density at radius 3 is 2.64 bits per heavy atom. The maximum Gasteiger partial charge on any atom is 0.333 e. The maximum absolute atomic E-state index is 11.7. The molecule has 7 nitrogen and oxygen atoms in total. The Morgan fingerprint density at radius 1 is 1.14 bits per heavy atom. The second kappa shape index (κ2) is 9.74. The maximum atomic E-state index is 11.7. The zero-order valence-corrected chi connectivity index (χ0v) is 20.8. The van der Waals surface area contributed by atoms with Gasteiger partial charge in [-0.05, 0) is 36.0 Å². The first-order valence-corrected chi connectivity index (χ1v) is 12.3. The second-order valence-electron chi connectivity index (χ2n) is 10.5. The molecule has 1 saturated carbocycles. The molecule has 0 saturated heterocycles. The van der Waals surface area contributed by atoms with E-state index in [-0.39, 0.29) is 12.0 Å². The molecule has 186 valence electrons. The van der Waals surface area contributed by atoms with Crippen molar-refractivity contribution in [1.29, 1.82) is 0 Å². The Bertz CT molecular complexity index is 1350. The quantitative estimate of drug-likeness (QED) is 0.343. The number of imidazole rings is 1. The third-order valence-electron chi connectivity index (χ3n) is 6.64. The number of ether oxygens (including phenoxy) is 2. The Balaban J connectivity index is 1.35. The first-order valence-electron chi connectivity index (χ1n) is 12.3. The van der Waals surface area contributed by atoms with Crippen molar-refractivity contribution in [2.45, 2.75) is 58.3 Å². The van der Waals surface area contributed by atoms with Crippen LogP contribution >= 0.6 is 0 Å². The third kappa shape index (κ3) is 4.97. The molecule has 1 atom stereocenters. The number of hydrogen-bond donors (Lipinski definition) is 1. The van der Waals surface area contributed by atoms with Crippen LogP contribution in [0.1, 0.15) is 50.8 Å². The molecule has 4 aromatic rings. The van der Waals surface area contributed by atoms with E-state index in [1.54, 1.807) is 6.20 Å². The summed E-state index contributed by atoms with van der Waals surface area (Å²) in [5.74, 6) is 0.881. The highest BCUT2D eigenvalue weighted by molar-refractivity contribution is 5.73. The topological polar surface area (TPSA) is 86.0 Å². The molecule has 0 amide bonds. The molecule has 7 heteroatoms. The zero-order valence-electron chi connectivity index (χ0n) is 20.8. The second-order valence-corrected chi connectivity index (χ2v) is 10.5. The summed E-state index contributed by atoms with van der Waals surface area (Å²) in [7, 11) is 0. The summed E-state index contributed by atoms with van der Waals surface area (Å²) in [5.41, 5.74) is 3.52. The van der Waals surface area contributed by atoms with E-state index in [0.717, 1.165) is 46.8 Å². The van der Waals surface area contributed by atoms with E-state index in [2.05, 4.69) is 9.38 Å². The number of carbonyl (C=O) groups is 1. The Labute approximate surface area is 210 Å². The van der Waals surface area contributed by atoms with Gasteiger partial charge in [-0.15, -0.1) is 0 Å². The lowest BCUT2D eigenvalue weighted by molar-refractivity contribution is -0.170. The van der Waals surface area contributed by atoms with Crippen LogP contribution in [0, 0.1) is 5.41 Å². The number of rotatable bonds is 8. The third-order valence-corrected chi connectivity index (χ3v) is 6.64. The lowest BCUT2D eigenvalue weighted by Gasteiger charge is -2.39. The Kier molecular flexibility index (Phi) is 6.49. The fraction of sp³-hybridized carbons (Fsp3) is 0.345. The molecule has 36 heavy (non-hydrogen) atoms. The van der Waals surface area contributed by atoms with E-state index < -0.39 is 17.5 Å². The van der Waals surface area contributed by atoms with Gasteiger partial charge in [0.25, 0.3) is 0 Å². The number of nitrogens with zero attached hydrogens (tertiary/aromatic N) is 3. The van der Waals surface area contributed by atoms with Crippen LogP contribution in [0.25, 0.3) is 16.9 Å². The summed E-state index contributed by atoms with van der Waals surface area (Å²) in [6.45, 7) is 6.17. The van der Waals surface area contributed by atoms with E-state index >= 15 is 0 Å². The van der Waals surface area contributed by atoms with Crippen LogP contribution in [0.15, 0.2) is 73.2 Å². The molecule has 0 spiro atoms. The van der Waals surface area contributed by atoms with Gasteiger partial charge in [0.2, 0.25) is 0 Å². The normalized spacial score (nSPS) is 18.5. The van der Waals surface area contributed by atoms with E-state index in [1.807, 2.05) is 87.8 Å². The summed E-state index contributed by atoms with van der Waals surface area (Å²) < 4.78 is 14.1. The fourth-order valence-corrected chi connectivity index (χ4v) is 4.66. The Hall–Kier alpha value is -3.71. The van der Waals surface area contributed by atoms with Crippen molar-refractivity contribution in [3.05, 3.63) is 84.4 Å². The molecule has 5 rings (SSSR count). The van der Waals surface area contributed by atoms with Crippen molar-refractivity contribution in [1.82, 2.24) is 14.4 Å². The highest BCUT2D eigenvalue weighted by Crippen LogP contribution is 2.42. The van der Waals surface area contributed by atoms with Crippen molar-refractivity contribution in [3.8, 4) is 17.1 Å². The van der Waals surface area contributed by atoms with Gasteiger partial charge in [0, 0.05) is 23.9 Å². The van der Waals surface area contributed by atoms with Gasteiger partial charge >= 0.3 is 5.97 Å². The summed E-state index contributed by atoms with van der Waals surface area (Å²) in [6, 6.07) is 18.0. The summed E-state index contributed by atoms with van der Waals surface area (Å²) in [4.78, 5) is 21.1. The molecule has 1 aliphatic carbocycles. The summed E-state index contributed by atoms with van der Waals surface area (Å²) in [5, 5.41) is 9.60. The van der Waals surface area contributed by atoms with Crippen molar-refractivity contribution >= 4 is 11.5 Å². The van der Waals surface area contributed by atoms with E-state index in [9.17, 15) is 9.90 Å². The minimum absolute atomic E-state index is 0.0955. The van der Waals surface area contributed by atoms with Gasteiger partial charge in [0.15, 0.2) is 6.10 Å². The zero-order chi connectivity index (χ0) is 25.3. The van der Waals surface area contributed by atoms with E-state index in [0.29, 0.717) is 6.61 Å². The van der Waals surface area contributed by atoms with Crippen LogP contribution in [0.3, 0.4) is 0 Å². The number of hydrogen-bond acceptors (Lipinski definition) is 5. The van der Waals surface area contributed by atoms with E-state index in [4.69, 9.17) is 14.5 Å². The molecule has 0 bridgehead atoms. The molecule has 0 radical (unpaired) electrons. The molecule has 2 aromatic carbocycles. The molecular formula is C29H31N3O4. The SMILES string of the molecule is CC(C)(C)C(OC1CC(c2nc(-c3cccc(OCc4ccccc4)c3)n3ccncc23)C1)C(=O)O. The molecule has 2 aromatic heterocycles. The fourth-order valence-electron chi connectivity index (χ4n) is 4.66. The number of carboxylic acids is 1. The smallest absolute Gasteiger partial charge is 0.333 e. The number of aromatic nitrogens is 3. The molecule has 1 aliphatic rings. The Morgan fingerprint density at radius 2 is 1.92 bits per heavy atom. The standard InChI is InChI=1S/C29H31N3O4/c1-29(2,3)26(28(33)34)36-23-15-21(16-23)25-24-17-30-12-13-32(24)27(31-25)20-10-7-11-22(14-20)35-18-19-8-5-4-6-9-19/h4-14,17,21,23,26H,15-16,18H2,1-3H3,(H,33,34). The van der Waals surface area contributed by atoms with Crippen LogP contribution in [-0.4, -0.2) is 37.7 Å². The number of fused-ring (bicyclic) bond motifs is 1. The monoisotopic (exact) mass is 485 g/mol. The molecule has 0 aliphatic heterocycles. The van der Waals surface area contributed by atoms with Gasteiger partial charge in [0.05, 0.1) is 23.5 Å². The summed E-state index contributed by atoms with van der Waals surface area (Å²) >= 11 is 0. The molecular weight excluding hydrogens is 454 g/mol. The van der Waals surface area contributed by atoms with E-state index in [1.165, 1.54) is 0 Å². The average molecular weight is 486 g/mol. The van der Waals surface area contributed by atoms with Gasteiger partial charge in [-0.25, -0.2) is 9.78 Å². The van der Waals surface area contributed by atoms with Crippen molar-refractivity contribution in [3.63, 3.8) is 0 Å². The largest absolute Gasteiger partial charge is 0.489 e. The van der Waals surface area contributed by atoms with Gasteiger partial charge in [-0.1, -0.05) is 63.2 Å². The predicted molar refractivity (Wildman–Crippen MR) is 137 cm³/mol. The van der Waals surface area contributed by atoms with Gasteiger partial charge < -0.3 is 14.6 Å². The van der Waals surface area contributed by atoms with Crippen molar-refractivity contribution in [2.24, 2.45) is 5.41 Å². The average Bonchev–Trinajstić information content (AvgIpc) is 3.21. The lowest BCUT2D eigenvalue weighted by atomic mass is 9.79. The summed E-state index contributed by atoms with van der Waals surface area (Å²) in [6.07, 6.45) is 6.06. The molecule has 1 N–H and O–H groups in total. The van der Waals surface area contributed by atoms with Crippen LogP contribution in [0.5, 0.6) is 5.75 Å². The highest BCUT2D eigenvalue weighted by atomic mass is 16.5. The van der Waals surface area contributed by atoms with Crippen LogP contribution < -0.4 is 4.74 Å². The molecule has 2 heterocycles. The highest BCUT2D eigenvalue weighted by Gasteiger charge is 2.40.